The normalized spacial score (nSPS) is 14.8. The highest BCUT2D eigenvalue weighted by atomic mass is 79.9. The van der Waals surface area contributed by atoms with Crippen LogP contribution in [0.5, 0.6) is 5.75 Å². The van der Waals surface area contributed by atoms with Crippen molar-refractivity contribution < 1.29 is 14.3 Å². The summed E-state index contributed by atoms with van der Waals surface area (Å²) >= 11 is 3.40. The molecular formula is C27H22BrN3O4. The molecule has 8 heteroatoms. The number of anilines is 1. The highest BCUT2D eigenvalue weighted by Crippen LogP contribution is 2.33. The van der Waals surface area contributed by atoms with E-state index >= 15 is 0 Å². The summed E-state index contributed by atoms with van der Waals surface area (Å²) in [7, 11) is 0. The van der Waals surface area contributed by atoms with Crippen LogP contribution in [-0.2, 0) is 22.7 Å². The molecule has 0 fully saturated rings. The van der Waals surface area contributed by atoms with Gasteiger partial charge in [0, 0.05) is 28.7 Å². The molecule has 1 aromatic heterocycles. The number of amides is 2. The van der Waals surface area contributed by atoms with E-state index < -0.39 is 6.10 Å². The summed E-state index contributed by atoms with van der Waals surface area (Å²) in [5, 5.41) is 3.42. The summed E-state index contributed by atoms with van der Waals surface area (Å²) < 4.78 is 8.49. The summed E-state index contributed by atoms with van der Waals surface area (Å²) in [6.45, 7) is 0.458. The molecule has 7 nitrogen and oxygen atoms in total. The maximum atomic E-state index is 13.5. The minimum absolute atomic E-state index is 0.00506. The number of para-hydroxylation sites is 2. The van der Waals surface area contributed by atoms with E-state index in [-0.39, 0.29) is 30.3 Å². The van der Waals surface area contributed by atoms with Crippen LogP contribution in [0.2, 0.25) is 0 Å². The first-order chi connectivity index (χ1) is 17.0. The van der Waals surface area contributed by atoms with Crippen molar-refractivity contribution >= 4 is 44.3 Å². The Hall–Kier alpha value is -3.91. The number of aromatic nitrogens is 1. The molecule has 1 aliphatic rings. The fourth-order valence-electron chi connectivity index (χ4n) is 4.16. The topological polar surface area (TPSA) is 80.6 Å². The first-order valence-corrected chi connectivity index (χ1v) is 12.0. The number of carbonyl (C=O) groups excluding carboxylic acids is 2. The summed E-state index contributed by atoms with van der Waals surface area (Å²) in [4.78, 5) is 40.3. The Balaban J connectivity index is 1.39. The molecule has 1 N–H and O–H groups in total. The van der Waals surface area contributed by atoms with Gasteiger partial charge in [-0.3, -0.25) is 14.4 Å². The number of nitrogens with zero attached hydrogens (tertiary/aromatic N) is 2. The largest absolute Gasteiger partial charge is 0.477 e. The Kier molecular flexibility index (Phi) is 6.37. The highest BCUT2D eigenvalue weighted by molar-refractivity contribution is 9.10. The molecule has 35 heavy (non-hydrogen) atoms. The maximum absolute atomic E-state index is 13.5. The minimum atomic E-state index is -0.848. The molecule has 5 rings (SSSR count). The Bertz CT molecular complexity index is 1470. The molecule has 1 aliphatic heterocycles. The van der Waals surface area contributed by atoms with Crippen LogP contribution < -0.4 is 20.4 Å². The van der Waals surface area contributed by atoms with E-state index in [2.05, 4.69) is 21.2 Å². The first-order valence-electron chi connectivity index (χ1n) is 11.2. The van der Waals surface area contributed by atoms with E-state index in [9.17, 15) is 14.4 Å². The molecule has 0 unspecified atom stereocenters. The molecule has 0 aliphatic carbocycles. The van der Waals surface area contributed by atoms with Crippen LogP contribution in [0.25, 0.3) is 10.9 Å². The van der Waals surface area contributed by atoms with Gasteiger partial charge in [0.1, 0.15) is 12.3 Å². The van der Waals surface area contributed by atoms with Gasteiger partial charge >= 0.3 is 0 Å². The predicted octanol–water partition coefficient (Wildman–Crippen LogP) is 3.87. The third-order valence-electron chi connectivity index (χ3n) is 5.92. The lowest BCUT2D eigenvalue weighted by atomic mass is 10.1. The lowest BCUT2D eigenvalue weighted by Gasteiger charge is -2.34. The van der Waals surface area contributed by atoms with Gasteiger partial charge < -0.3 is 19.5 Å². The average molecular weight is 532 g/mol. The van der Waals surface area contributed by atoms with Crippen LogP contribution in [0.1, 0.15) is 5.56 Å². The molecule has 0 radical (unpaired) electrons. The van der Waals surface area contributed by atoms with E-state index in [1.54, 1.807) is 46.0 Å². The minimum Gasteiger partial charge on any atom is -0.477 e. The van der Waals surface area contributed by atoms with Gasteiger partial charge in [-0.1, -0.05) is 58.4 Å². The molecule has 1 atom stereocenters. The van der Waals surface area contributed by atoms with Crippen molar-refractivity contribution in [2.24, 2.45) is 0 Å². The van der Waals surface area contributed by atoms with Crippen LogP contribution in [-0.4, -0.2) is 29.0 Å². The van der Waals surface area contributed by atoms with Gasteiger partial charge in [-0.2, -0.15) is 0 Å². The van der Waals surface area contributed by atoms with Crippen LogP contribution in [0.15, 0.2) is 94.3 Å². The van der Waals surface area contributed by atoms with Gasteiger partial charge in [0.05, 0.1) is 17.7 Å². The lowest BCUT2D eigenvalue weighted by Crippen LogP contribution is -2.51. The SMILES string of the molecule is O=C(NCc1ccccc1)[C@@H]1CN(C(=O)Cn2ccc(=O)c3cc(Br)ccc32)c2ccccc2O1. The number of halogens is 1. The van der Waals surface area contributed by atoms with Crippen molar-refractivity contribution in [2.45, 2.75) is 19.2 Å². The van der Waals surface area contributed by atoms with Crippen molar-refractivity contribution in [2.75, 3.05) is 11.4 Å². The van der Waals surface area contributed by atoms with E-state index in [4.69, 9.17) is 4.74 Å². The molecule has 0 saturated heterocycles. The molecule has 0 spiro atoms. The Labute approximate surface area is 210 Å². The second-order valence-electron chi connectivity index (χ2n) is 8.25. The van der Waals surface area contributed by atoms with Crippen molar-refractivity contribution in [3.63, 3.8) is 0 Å². The third-order valence-corrected chi connectivity index (χ3v) is 6.41. The molecule has 4 aromatic rings. The van der Waals surface area contributed by atoms with Crippen LogP contribution in [0, 0.1) is 0 Å². The zero-order valence-electron chi connectivity index (χ0n) is 18.7. The number of benzene rings is 3. The zero-order valence-corrected chi connectivity index (χ0v) is 20.3. The zero-order chi connectivity index (χ0) is 24.4. The molecule has 2 heterocycles. The van der Waals surface area contributed by atoms with Crippen LogP contribution in [0.3, 0.4) is 0 Å². The fourth-order valence-corrected chi connectivity index (χ4v) is 4.52. The molecule has 176 valence electrons. The van der Waals surface area contributed by atoms with Gasteiger partial charge in [-0.15, -0.1) is 0 Å². The second-order valence-corrected chi connectivity index (χ2v) is 9.17. The van der Waals surface area contributed by atoms with Crippen molar-refractivity contribution in [1.29, 1.82) is 0 Å². The van der Waals surface area contributed by atoms with Crippen LogP contribution in [0.4, 0.5) is 5.69 Å². The number of carbonyl (C=O) groups is 2. The molecule has 0 saturated carbocycles. The van der Waals surface area contributed by atoms with Gasteiger partial charge in [0.2, 0.25) is 5.91 Å². The Morgan fingerprint density at radius 2 is 1.77 bits per heavy atom. The molecule has 0 bridgehead atoms. The summed E-state index contributed by atoms with van der Waals surface area (Å²) in [6.07, 6.45) is 0.770. The van der Waals surface area contributed by atoms with Crippen molar-refractivity contribution in [1.82, 2.24) is 9.88 Å². The average Bonchev–Trinajstić information content (AvgIpc) is 2.89. The fraction of sp³-hybridized carbons (Fsp3) is 0.148. The molecule has 3 aromatic carbocycles. The van der Waals surface area contributed by atoms with Crippen molar-refractivity contribution in [3.8, 4) is 5.75 Å². The number of ether oxygens (including phenoxy) is 1. The number of hydrogen-bond donors (Lipinski definition) is 1. The maximum Gasteiger partial charge on any atom is 0.263 e. The Morgan fingerprint density at radius 3 is 2.60 bits per heavy atom. The molecule has 2 amide bonds. The number of fused-ring (bicyclic) bond motifs is 2. The molecular weight excluding hydrogens is 510 g/mol. The summed E-state index contributed by atoms with van der Waals surface area (Å²) in [5.74, 6) is -0.0325. The first kappa shape index (κ1) is 22.9. The van der Waals surface area contributed by atoms with Gasteiger partial charge in [0.25, 0.3) is 5.91 Å². The van der Waals surface area contributed by atoms with E-state index in [0.717, 1.165) is 10.0 Å². The van der Waals surface area contributed by atoms with E-state index in [0.29, 0.717) is 28.9 Å². The van der Waals surface area contributed by atoms with E-state index in [1.165, 1.54) is 6.07 Å². The second kappa shape index (κ2) is 9.76. The van der Waals surface area contributed by atoms with Gasteiger partial charge in [0.15, 0.2) is 11.5 Å². The van der Waals surface area contributed by atoms with Gasteiger partial charge in [-0.25, -0.2) is 0 Å². The number of rotatable bonds is 5. The predicted molar refractivity (Wildman–Crippen MR) is 137 cm³/mol. The monoisotopic (exact) mass is 531 g/mol. The van der Waals surface area contributed by atoms with E-state index in [1.807, 2.05) is 42.5 Å². The summed E-state index contributed by atoms with van der Waals surface area (Å²) in [6, 6.07) is 23.6. The number of nitrogens with one attached hydrogen (secondary N) is 1. The quantitative estimate of drug-likeness (QED) is 0.423. The lowest BCUT2D eigenvalue weighted by molar-refractivity contribution is -0.128. The van der Waals surface area contributed by atoms with Crippen molar-refractivity contribution in [3.05, 3.63) is 105 Å². The standard InChI is InChI=1S/C27H22BrN3O4/c28-19-10-11-21-20(14-19)23(32)12-13-30(21)17-26(33)31-16-25(35-24-9-5-4-8-22(24)31)27(34)29-15-18-6-2-1-3-7-18/h1-14,25H,15-17H2,(H,29,34)/t25-/m0/s1. The Morgan fingerprint density at radius 1 is 1.00 bits per heavy atom. The van der Waals surface area contributed by atoms with Crippen LogP contribution >= 0.6 is 15.9 Å². The number of pyridine rings is 1. The highest BCUT2D eigenvalue weighted by Gasteiger charge is 2.33. The van der Waals surface area contributed by atoms with Gasteiger partial charge in [-0.05, 0) is 35.9 Å². The third kappa shape index (κ3) is 4.83. The number of hydrogen-bond acceptors (Lipinski definition) is 4. The smallest absolute Gasteiger partial charge is 0.263 e. The summed E-state index contributed by atoms with van der Waals surface area (Å²) in [5.41, 5.74) is 2.13.